The normalized spacial score (nSPS) is 12.5. The van der Waals surface area contributed by atoms with Crippen LogP contribution in [0.5, 0.6) is 0 Å². The first kappa shape index (κ1) is 10.0. The smallest absolute Gasteiger partial charge is 0.229 e. The fraction of sp³-hybridized carbons (Fsp3) is 0.667. The summed E-state index contributed by atoms with van der Waals surface area (Å²) in [4.78, 5) is 3.89. The first-order valence-corrected chi connectivity index (χ1v) is 4.67. The molecule has 1 aromatic heterocycles. The van der Waals surface area contributed by atoms with E-state index in [9.17, 15) is 4.39 Å². The van der Waals surface area contributed by atoms with Crippen molar-refractivity contribution < 1.29 is 8.91 Å². The Labute approximate surface area is 74.9 Å². The van der Waals surface area contributed by atoms with Crippen LogP contribution in [0.4, 0.5) is 4.39 Å². The van der Waals surface area contributed by atoms with Crippen LogP contribution in [0.3, 0.4) is 0 Å². The number of alkyl halides is 1. The summed E-state index contributed by atoms with van der Waals surface area (Å²) < 4.78 is 18.0. The zero-order valence-corrected chi connectivity index (χ0v) is 9.22. The molecule has 0 aliphatic carbocycles. The van der Waals surface area contributed by atoms with Gasteiger partial charge in [0.1, 0.15) is 0 Å². The minimum atomic E-state index is -1.68. The molecule has 0 aromatic carbocycles. The SMILES string of the molecule is CC(C)c1nc(C(F)(P)P)no1. The molecule has 6 heteroatoms. The molecule has 0 aliphatic heterocycles. The first-order chi connectivity index (χ1) is 5.41. The Morgan fingerprint density at radius 1 is 1.50 bits per heavy atom. The summed E-state index contributed by atoms with van der Waals surface area (Å²) in [7, 11) is 3.97. The van der Waals surface area contributed by atoms with Gasteiger partial charge in [0.25, 0.3) is 0 Å². The highest BCUT2D eigenvalue weighted by Gasteiger charge is 2.26. The van der Waals surface area contributed by atoms with Crippen LogP contribution in [0.2, 0.25) is 0 Å². The average Bonchev–Trinajstić information content (AvgIpc) is 2.30. The zero-order chi connectivity index (χ0) is 9.35. The molecule has 0 fully saturated rings. The van der Waals surface area contributed by atoms with Crippen molar-refractivity contribution in [3.05, 3.63) is 11.7 Å². The monoisotopic (exact) mass is 208 g/mol. The average molecular weight is 208 g/mol. The number of nitrogens with zero attached hydrogens (tertiary/aromatic N) is 2. The minimum absolute atomic E-state index is 0.0428. The van der Waals surface area contributed by atoms with E-state index in [2.05, 4.69) is 10.1 Å². The van der Waals surface area contributed by atoms with Crippen LogP contribution in [-0.4, -0.2) is 10.1 Å². The lowest BCUT2D eigenvalue weighted by atomic mass is 10.2. The van der Waals surface area contributed by atoms with Crippen molar-refractivity contribution in [2.24, 2.45) is 0 Å². The van der Waals surface area contributed by atoms with Crippen molar-refractivity contribution in [3.63, 3.8) is 0 Å². The highest BCUT2D eigenvalue weighted by Crippen LogP contribution is 2.38. The summed E-state index contributed by atoms with van der Waals surface area (Å²) in [6.07, 6.45) is 0. The molecule has 1 heterocycles. The van der Waals surface area contributed by atoms with Crippen molar-refractivity contribution in [3.8, 4) is 0 Å². The maximum absolute atomic E-state index is 13.1. The number of hydrogen-bond acceptors (Lipinski definition) is 3. The van der Waals surface area contributed by atoms with Crippen LogP contribution in [0.15, 0.2) is 4.52 Å². The van der Waals surface area contributed by atoms with E-state index >= 15 is 0 Å². The second-order valence-corrected chi connectivity index (χ2v) is 5.23. The van der Waals surface area contributed by atoms with E-state index in [1.807, 2.05) is 32.3 Å². The lowest BCUT2D eigenvalue weighted by Gasteiger charge is -2.05. The van der Waals surface area contributed by atoms with Crippen LogP contribution in [0, 0.1) is 0 Å². The molecule has 0 N–H and O–H groups in total. The summed E-state index contributed by atoms with van der Waals surface area (Å²) >= 11 is 0. The number of aromatic nitrogens is 2. The van der Waals surface area contributed by atoms with Gasteiger partial charge in [-0.3, -0.25) is 0 Å². The molecule has 68 valence electrons. The van der Waals surface area contributed by atoms with Crippen molar-refractivity contribution in [1.29, 1.82) is 0 Å². The molecule has 12 heavy (non-hydrogen) atoms. The third-order valence-corrected chi connectivity index (χ3v) is 1.79. The molecular formula is C6H11FN2OP2. The maximum atomic E-state index is 13.1. The predicted octanol–water partition coefficient (Wildman–Crippen LogP) is 2.02. The van der Waals surface area contributed by atoms with Gasteiger partial charge < -0.3 is 4.52 Å². The zero-order valence-electron chi connectivity index (χ0n) is 6.91. The second-order valence-electron chi connectivity index (χ2n) is 2.88. The van der Waals surface area contributed by atoms with Gasteiger partial charge in [0.05, 0.1) is 0 Å². The van der Waals surface area contributed by atoms with E-state index in [-0.39, 0.29) is 11.7 Å². The van der Waals surface area contributed by atoms with E-state index in [4.69, 9.17) is 4.52 Å². The minimum Gasteiger partial charge on any atom is -0.339 e. The van der Waals surface area contributed by atoms with Gasteiger partial charge in [-0.2, -0.15) is 4.98 Å². The standard InChI is InChI=1S/C6H11FN2OP2/c1-3(2)4-8-5(9-10-4)6(7,11)12/h3H,11-12H2,1-2H3. The second kappa shape index (κ2) is 3.35. The number of hydrogen-bond donors (Lipinski definition) is 0. The van der Waals surface area contributed by atoms with Crippen LogP contribution in [0.1, 0.15) is 31.5 Å². The maximum Gasteiger partial charge on any atom is 0.229 e. The third kappa shape index (κ3) is 2.21. The van der Waals surface area contributed by atoms with E-state index in [1.54, 1.807) is 0 Å². The predicted molar refractivity (Wildman–Crippen MR) is 50.6 cm³/mol. The van der Waals surface area contributed by atoms with Gasteiger partial charge >= 0.3 is 0 Å². The summed E-state index contributed by atoms with van der Waals surface area (Å²) in [5, 5.41) is 1.82. The molecule has 0 spiro atoms. The van der Waals surface area contributed by atoms with Crippen LogP contribution >= 0.6 is 18.5 Å². The lowest BCUT2D eigenvalue weighted by molar-refractivity contribution is 0.340. The van der Waals surface area contributed by atoms with Gasteiger partial charge in [-0.25, -0.2) is 4.39 Å². The molecule has 1 rings (SSSR count). The van der Waals surface area contributed by atoms with Crippen molar-refractivity contribution in [1.82, 2.24) is 10.1 Å². The largest absolute Gasteiger partial charge is 0.339 e. The quantitative estimate of drug-likeness (QED) is 0.698. The van der Waals surface area contributed by atoms with Crippen LogP contribution < -0.4 is 0 Å². The van der Waals surface area contributed by atoms with Crippen molar-refractivity contribution in [2.75, 3.05) is 0 Å². The summed E-state index contributed by atoms with van der Waals surface area (Å²) in [6.45, 7) is 3.81. The molecule has 0 saturated carbocycles. The highest BCUT2D eigenvalue weighted by atomic mass is 31.1. The molecule has 0 radical (unpaired) electrons. The van der Waals surface area contributed by atoms with Crippen LogP contribution in [-0.2, 0) is 5.15 Å². The van der Waals surface area contributed by atoms with Crippen LogP contribution in [0.25, 0.3) is 0 Å². The Morgan fingerprint density at radius 2 is 2.08 bits per heavy atom. The Hall–Kier alpha value is -0.0700. The highest BCUT2D eigenvalue weighted by molar-refractivity contribution is 7.38. The lowest BCUT2D eigenvalue weighted by Crippen LogP contribution is -2.02. The Bertz CT molecular complexity index is 269. The summed E-state index contributed by atoms with van der Waals surface area (Å²) in [5.41, 5.74) is 0. The molecule has 0 amide bonds. The van der Waals surface area contributed by atoms with Crippen molar-refractivity contribution in [2.45, 2.75) is 24.9 Å². The Morgan fingerprint density at radius 3 is 2.33 bits per heavy atom. The molecule has 3 nitrogen and oxygen atoms in total. The number of rotatable bonds is 2. The Kier molecular flexibility index (Phi) is 2.80. The first-order valence-electron chi connectivity index (χ1n) is 3.52. The van der Waals surface area contributed by atoms with E-state index < -0.39 is 5.15 Å². The molecule has 2 atom stereocenters. The summed E-state index contributed by atoms with van der Waals surface area (Å²) in [5.74, 6) is 0.627. The van der Waals surface area contributed by atoms with Gasteiger partial charge in [0.15, 0.2) is 5.15 Å². The van der Waals surface area contributed by atoms with Gasteiger partial charge in [0, 0.05) is 5.92 Å². The van der Waals surface area contributed by atoms with Crippen molar-refractivity contribution >= 4 is 18.5 Å². The molecule has 2 unspecified atom stereocenters. The molecule has 1 aromatic rings. The Balaban J connectivity index is 2.92. The van der Waals surface area contributed by atoms with Gasteiger partial charge in [-0.05, 0) is 0 Å². The fourth-order valence-electron chi connectivity index (χ4n) is 0.625. The molecule has 0 aliphatic rings. The molecule has 0 bridgehead atoms. The third-order valence-electron chi connectivity index (χ3n) is 1.28. The number of halogens is 1. The van der Waals surface area contributed by atoms with Gasteiger partial charge in [-0.1, -0.05) is 37.5 Å². The molecular weight excluding hydrogens is 197 g/mol. The van der Waals surface area contributed by atoms with Gasteiger partial charge in [0.2, 0.25) is 11.7 Å². The van der Waals surface area contributed by atoms with Gasteiger partial charge in [-0.15, -0.1) is 0 Å². The van der Waals surface area contributed by atoms with E-state index in [0.29, 0.717) is 5.89 Å². The fourth-order valence-corrected chi connectivity index (χ4v) is 0.860. The summed E-state index contributed by atoms with van der Waals surface area (Å²) in [6, 6.07) is 0. The topological polar surface area (TPSA) is 38.9 Å². The van der Waals surface area contributed by atoms with E-state index in [1.165, 1.54) is 0 Å². The van der Waals surface area contributed by atoms with E-state index in [0.717, 1.165) is 0 Å². The molecule has 0 saturated heterocycles.